The van der Waals surface area contributed by atoms with Crippen LogP contribution in [0.1, 0.15) is 30.9 Å². The molecule has 0 bridgehead atoms. The van der Waals surface area contributed by atoms with Crippen molar-refractivity contribution in [3.8, 4) is 6.07 Å². The van der Waals surface area contributed by atoms with Crippen LogP contribution >= 0.6 is 0 Å². The Bertz CT molecular complexity index is 482. The normalized spacial score (nSPS) is 17.9. The standard InChI is InChI=1S/C14H16F2N2/c1-14(2,16)13(11-7-18-8-11)10-3-9(6-17)4-12(15)5-10/h3-5,11,13,18H,7-8H2,1-2H3. The van der Waals surface area contributed by atoms with E-state index in [1.807, 2.05) is 6.07 Å². The molecule has 1 aromatic carbocycles. The van der Waals surface area contributed by atoms with Gasteiger partial charge < -0.3 is 5.32 Å². The van der Waals surface area contributed by atoms with Gasteiger partial charge in [0.25, 0.3) is 0 Å². The lowest BCUT2D eigenvalue weighted by Gasteiger charge is -2.40. The largest absolute Gasteiger partial charge is 0.316 e. The molecule has 0 aromatic heterocycles. The predicted octanol–water partition coefficient (Wildman–Crippen LogP) is 2.75. The third-order valence-corrected chi connectivity index (χ3v) is 3.43. The summed E-state index contributed by atoms with van der Waals surface area (Å²) in [6.07, 6.45) is 0. The minimum atomic E-state index is -1.44. The van der Waals surface area contributed by atoms with Gasteiger partial charge in [-0.1, -0.05) is 0 Å². The summed E-state index contributed by atoms with van der Waals surface area (Å²) in [4.78, 5) is 0. The van der Waals surface area contributed by atoms with Crippen LogP contribution < -0.4 is 5.32 Å². The SMILES string of the molecule is CC(C)(F)C(c1cc(F)cc(C#N)c1)C1CNC1. The molecule has 2 rings (SSSR count). The highest BCUT2D eigenvalue weighted by molar-refractivity contribution is 5.37. The predicted molar refractivity (Wildman–Crippen MR) is 65.4 cm³/mol. The molecule has 18 heavy (non-hydrogen) atoms. The van der Waals surface area contributed by atoms with E-state index in [-0.39, 0.29) is 17.4 Å². The van der Waals surface area contributed by atoms with Crippen LogP contribution in [0.4, 0.5) is 8.78 Å². The van der Waals surface area contributed by atoms with E-state index in [0.29, 0.717) is 5.56 Å². The molecule has 1 aliphatic rings. The number of hydrogen-bond acceptors (Lipinski definition) is 2. The van der Waals surface area contributed by atoms with E-state index in [9.17, 15) is 8.78 Å². The number of benzene rings is 1. The van der Waals surface area contributed by atoms with E-state index in [1.54, 1.807) is 6.07 Å². The van der Waals surface area contributed by atoms with Gasteiger partial charge in [0.2, 0.25) is 0 Å². The van der Waals surface area contributed by atoms with E-state index >= 15 is 0 Å². The third-order valence-electron chi connectivity index (χ3n) is 3.43. The molecule has 1 N–H and O–H groups in total. The van der Waals surface area contributed by atoms with Crippen LogP contribution in [0.5, 0.6) is 0 Å². The molecular weight excluding hydrogens is 234 g/mol. The maximum absolute atomic E-state index is 14.3. The summed E-state index contributed by atoms with van der Waals surface area (Å²) in [5.41, 5.74) is -0.620. The fraction of sp³-hybridized carbons (Fsp3) is 0.500. The van der Waals surface area contributed by atoms with Crippen molar-refractivity contribution in [2.24, 2.45) is 5.92 Å². The molecule has 1 saturated heterocycles. The Morgan fingerprint density at radius 3 is 2.50 bits per heavy atom. The topological polar surface area (TPSA) is 35.8 Å². The summed E-state index contributed by atoms with van der Waals surface area (Å²) in [7, 11) is 0. The van der Waals surface area contributed by atoms with Gasteiger partial charge in [0.05, 0.1) is 11.6 Å². The minimum absolute atomic E-state index is 0.151. The lowest BCUT2D eigenvalue weighted by Crippen LogP contribution is -2.49. The van der Waals surface area contributed by atoms with Crippen molar-refractivity contribution >= 4 is 0 Å². The molecule has 0 aliphatic carbocycles. The Kier molecular flexibility index (Phi) is 3.36. The van der Waals surface area contributed by atoms with Gasteiger partial charge >= 0.3 is 0 Å². The highest BCUT2D eigenvalue weighted by Gasteiger charge is 2.40. The van der Waals surface area contributed by atoms with E-state index in [2.05, 4.69) is 5.32 Å². The summed E-state index contributed by atoms with van der Waals surface area (Å²) < 4.78 is 27.8. The minimum Gasteiger partial charge on any atom is -0.316 e. The second-order valence-electron chi connectivity index (χ2n) is 5.35. The highest BCUT2D eigenvalue weighted by Crippen LogP contribution is 2.39. The zero-order valence-corrected chi connectivity index (χ0v) is 10.5. The zero-order chi connectivity index (χ0) is 13.3. The molecule has 2 nitrogen and oxygen atoms in total. The molecule has 1 fully saturated rings. The van der Waals surface area contributed by atoms with Crippen molar-refractivity contribution in [2.45, 2.75) is 25.4 Å². The van der Waals surface area contributed by atoms with Gasteiger partial charge in [-0.2, -0.15) is 5.26 Å². The molecule has 1 aliphatic heterocycles. The zero-order valence-electron chi connectivity index (χ0n) is 10.5. The number of nitrogens with zero attached hydrogens (tertiary/aromatic N) is 1. The number of hydrogen-bond donors (Lipinski definition) is 1. The van der Waals surface area contributed by atoms with Crippen molar-refractivity contribution in [1.29, 1.82) is 5.26 Å². The second-order valence-corrected chi connectivity index (χ2v) is 5.35. The molecular formula is C14H16F2N2. The number of halogens is 2. The molecule has 0 amide bonds. The van der Waals surface area contributed by atoms with Crippen LogP contribution in [0.3, 0.4) is 0 Å². The Morgan fingerprint density at radius 1 is 1.39 bits per heavy atom. The summed E-state index contributed by atoms with van der Waals surface area (Å²) in [5, 5.41) is 12.0. The summed E-state index contributed by atoms with van der Waals surface area (Å²) in [6.45, 7) is 4.48. The first-order chi connectivity index (χ1) is 8.41. The van der Waals surface area contributed by atoms with E-state index in [0.717, 1.165) is 13.1 Å². The van der Waals surface area contributed by atoms with Crippen LogP contribution in [0.25, 0.3) is 0 Å². The van der Waals surface area contributed by atoms with Crippen LogP contribution in [0.2, 0.25) is 0 Å². The molecule has 4 heteroatoms. The summed E-state index contributed by atoms with van der Waals surface area (Å²) >= 11 is 0. The van der Waals surface area contributed by atoms with Gasteiger partial charge in [0.15, 0.2) is 0 Å². The first-order valence-electron chi connectivity index (χ1n) is 6.02. The average Bonchev–Trinajstić information content (AvgIpc) is 2.20. The molecule has 1 aromatic rings. The molecule has 1 atom stereocenters. The van der Waals surface area contributed by atoms with Gasteiger partial charge in [-0.3, -0.25) is 0 Å². The molecule has 0 saturated carbocycles. The van der Waals surface area contributed by atoms with Gasteiger partial charge in [-0.25, -0.2) is 8.78 Å². The van der Waals surface area contributed by atoms with Crippen molar-refractivity contribution in [3.63, 3.8) is 0 Å². The Labute approximate surface area is 106 Å². The fourth-order valence-corrected chi connectivity index (χ4v) is 2.63. The van der Waals surface area contributed by atoms with Crippen molar-refractivity contribution in [1.82, 2.24) is 5.32 Å². The molecule has 1 unspecified atom stereocenters. The fourth-order valence-electron chi connectivity index (χ4n) is 2.63. The molecule has 96 valence electrons. The van der Waals surface area contributed by atoms with Gasteiger partial charge in [-0.05, 0) is 56.6 Å². The van der Waals surface area contributed by atoms with Gasteiger partial charge in [-0.15, -0.1) is 0 Å². The van der Waals surface area contributed by atoms with E-state index < -0.39 is 11.5 Å². The van der Waals surface area contributed by atoms with E-state index in [4.69, 9.17) is 5.26 Å². The van der Waals surface area contributed by atoms with Crippen LogP contribution in [-0.2, 0) is 0 Å². The van der Waals surface area contributed by atoms with Crippen molar-refractivity contribution < 1.29 is 8.78 Å². The summed E-state index contributed by atoms with van der Waals surface area (Å²) in [6, 6.07) is 6.01. The Hall–Kier alpha value is -1.47. The third kappa shape index (κ3) is 2.51. The first-order valence-corrected chi connectivity index (χ1v) is 6.02. The van der Waals surface area contributed by atoms with Crippen LogP contribution in [-0.4, -0.2) is 18.8 Å². The molecule has 0 spiro atoms. The smallest absolute Gasteiger partial charge is 0.124 e. The molecule has 1 heterocycles. The lowest BCUT2D eigenvalue weighted by atomic mass is 9.73. The quantitative estimate of drug-likeness (QED) is 0.895. The maximum Gasteiger partial charge on any atom is 0.124 e. The maximum atomic E-state index is 14.3. The highest BCUT2D eigenvalue weighted by atomic mass is 19.1. The number of nitrogens with one attached hydrogen (secondary N) is 1. The number of rotatable bonds is 3. The number of alkyl halides is 1. The van der Waals surface area contributed by atoms with Crippen molar-refractivity contribution in [2.75, 3.05) is 13.1 Å². The van der Waals surface area contributed by atoms with Gasteiger partial charge in [0, 0.05) is 5.92 Å². The van der Waals surface area contributed by atoms with Crippen LogP contribution in [0, 0.1) is 23.1 Å². The van der Waals surface area contributed by atoms with Crippen LogP contribution in [0.15, 0.2) is 18.2 Å². The first kappa shape index (κ1) is 13.0. The average molecular weight is 250 g/mol. The Morgan fingerprint density at radius 2 is 2.06 bits per heavy atom. The van der Waals surface area contributed by atoms with Crippen molar-refractivity contribution in [3.05, 3.63) is 35.1 Å². The van der Waals surface area contributed by atoms with Gasteiger partial charge in [0.1, 0.15) is 11.5 Å². The molecule has 0 radical (unpaired) electrons. The number of nitriles is 1. The second kappa shape index (κ2) is 4.66. The monoisotopic (exact) mass is 250 g/mol. The van der Waals surface area contributed by atoms with E-state index in [1.165, 1.54) is 26.0 Å². The Balaban J connectivity index is 2.42. The lowest BCUT2D eigenvalue weighted by molar-refractivity contribution is 0.107. The summed E-state index contributed by atoms with van der Waals surface area (Å²) in [5.74, 6) is -0.717.